The zero-order valence-electron chi connectivity index (χ0n) is 20.8. The maximum atomic E-state index is 13.0. The van der Waals surface area contributed by atoms with E-state index in [2.05, 4.69) is 36.0 Å². The molecule has 0 unspecified atom stereocenters. The fourth-order valence-electron chi connectivity index (χ4n) is 3.99. The van der Waals surface area contributed by atoms with Crippen molar-refractivity contribution >= 4 is 22.9 Å². The van der Waals surface area contributed by atoms with Crippen molar-refractivity contribution in [2.75, 3.05) is 17.8 Å². The van der Waals surface area contributed by atoms with Crippen LogP contribution in [0.4, 0.5) is 19.1 Å². The van der Waals surface area contributed by atoms with E-state index in [4.69, 9.17) is 0 Å². The second-order valence-electron chi connectivity index (χ2n) is 8.57. The highest BCUT2D eigenvalue weighted by atomic mass is 19.4. The third kappa shape index (κ3) is 4.91. The average Bonchev–Trinajstić information content (AvgIpc) is 3.37. The van der Waals surface area contributed by atoms with Gasteiger partial charge >= 0.3 is 11.9 Å². The van der Waals surface area contributed by atoms with Crippen LogP contribution in [0.25, 0.3) is 28.0 Å². The SMILES string of the molecule is CNc1ncc2c(C)n(-c3cc(-c4cn(NC(=O)c5cccc(C(F)(F)F)c5)nn4)ccc3C)c(=O)nc2n1. The number of aromatic nitrogens is 7. The Morgan fingerprint density at radius 3 is 2.59 bits per heavy atom. The van der Waals surface area contributed by atoms with Crippen molar-refractivity contribution in [1.29, 1.82) is 0 Å². The Labute approximate surface area is 218 Å². The normalized spacial score (nSPS) is 11.5. The molecular weight excluding hydrogens is 515 g/mol. The topological polar surface area (TPSA) is 133 Å². The van der Waals surface area contributed by atoms with Crippen molar-refractivity contribution in [3.63, 3.8) is 0 Å². The Balaban J connectivity index is 1.46. The number of hydrogen-bond donors (Lipinski definition) is 2. The number of amides is 1. The second-order valence-corrected chi connectivity index (χ2v) is 8.57. The van der Waals surface area contributed by atoms with Gasteiger partial charge in [-0.15, -0.1) is 5.10 Å². The predicted molar refractivity (Wildman–Crippen MR) is 136 cm³/mol. The first kappa shape index (κ1) is 25.5. The summed E-state index contributed by atoms with van der Waals surface area (Å²) in [6.45, 7) is 3.60. The zero-order valence-corrected chi connectivity index (χ0v) is 20.8. The smallest absolute Gasteiger partial charge is 0.357 e. The molecule has 3 aromatic heterocycles. The summed E-state index contributed by atoms with van der Waals surface area (Å²) < 4.78 is 40.4. The van der Waals surface area contributed by atoms with Crippen molar-refractivity contribution in [2.24, 2.45) is 0 Å². The molecule has 5 aromatic rings. The fraction of sp³-hybridized carbons (Fsp3) is 0.160. The quantitative estimate of drug-likeness (QED) is 0.350. The van der Waals surface area contributed by atoms with Gasteiger partial charge < -0.3 is 5.32 Å². The molecule has 0 aliphatic carbocycles. The maximum Gasteiger partial charge on any atom is 0.416 e. The lowest BCUT2D eigenvalue weighted by Crippen LogP contribution is -2.25. The minimum atomic E-state index is -4.58. The summed E-state index contributed by atoms with van der Waals surface area (Å²) in [6, 6.07) is 9.32. The monoisotopic (exact) mass is 535 g/mol. The summed E-state index contributed by atoms with van der Waals surface area (Å²) in [6.07, 6.45) is -1.59. The molecule has 0 spiro atoms. The minimum absolute atomic E-state index is 0.191. The van der Waals surface area contributed by atoms with Gasteiger partial charge in [0.05, 0.1) is 22.8 Å². The van der Waals surface area contributed by atoms with Crippen LogP contribution in [0.1, 0.15) is 27.2 Å². The molecule has 0 saturated carbocycles. The molecule has 39 heavy (non-hydrogen) atoms. The van der Waals surface area contributed by atoms with Gasteiger partial charge in [0.2, 0.25) is 5.95 Å². The van der Waals surface area contributed by atoms with Crippen LogP contribution in [0.3, 0.4) is 0 Å². The van der Waals surface area contributed by atoms with Gasteiger partial charge in [0.15, 0.2) is 5.65 Å². The maximum absolute atomic E-state index is 13.0. The second kappa shape index (κ2) is 9.63. The van der Waals surface area contributed by atoms with Gasteiger partial charge in [-0.1, -0.05) is 18.2 Å². The van der Waals surface area contributed by atoms with Crippen molar-refractivity contribution in [3.05, 3.63) is 87.7 Å². The molecule has 11 nitrogen and oxygen atoms in total. The number of nitrogens with zero attached hydrogens (tertiary/aromatic N) is 7. The van der Waals surface area contributed by atoms with Gasteiger partial charge in [0, 0.05) is 30.1 Å². The molecule has 0 aliphatic rings. The van der Waals surface area contributed by atoms with Crippen molar-refractivity contribution in [2.45, 2.75) is 20.0 Å². The zero-order chi connectivity index (χ0) is 27.9. The van der Waals surface area contributed by atoms with Crippen LogP contribution in [0.15, 0.2) is 59.7 Å². The number of hydrogen-bond acceptors (Lipinski definition) is 8. The molecule has 14 heteroatoms. The number of carbonyl (C=O) groups excluding carboxylic acids is 1. The van der Waals surface area contributed by atoms with E-state index in [-0.39, 0.29) is 11.2 Å². The summed E-state index contributed by atoms with van der Waals surface area (Å²) in [7, 11) is 1.66. The number of aryl methyl sites for hydroxylation is 2. The van der Waals surface area contributed by atoms with Crippen LogP contribution in [-0.4, -0.2) is 47.6 Å². The lowest BCUT2D eigenvalue weighted by atomic mass is 10.1. The van der Waals surface area contributed by atoms with E-state index >= 15 is 0 Å². The van der Waals surface area contributed by atoms with Gasteiger partial charge in [0.1, 0.15) is 5.69 Å². The molecule has 198 valence electrons. The number of anilines is 1. The minimum Gasteiger partial charge on any atom is -0.357 e. The highest BCUT2D eigenvalue weighted by Gasteiger charge is 2.31. The van der Waals surface area contributed by atoms with E-state index in [0.717, 1.165) is 28.6 Å². The van der Waals surface area contributed by atoms with Crippen molar-refractivity contribution in [1.82, 2.24) is 34.6 Å². The van der Waals surface area contributed by atoms with Crippen molar-refractivity contribution in [3.8, 4) is 16.9 Å². The van der Waals surface area contributed by atoms with Crippen LogP contribution in [0, 0.1) is 13.8 Å². The molecule has 2 aromatic carbocycles. The summed E-state index contributed by atoms with van der Waals surface area (Å²) in [5.74, 6) is -0.455. The Morgan fingerprint density at radius 2 is 1.85 bits per heavy atom. The molecule has 3 heterocycles. The van der Waals surface area contributed by atoms with Crippen LogP contribution >= 0.6 is 0 Å². The van der Waals surface area contributed by atoms with Gasteiger partial charge in [-0.05, 0) is 48.9 Å². The van der Waals surface area contributed by atoms with E-state index in [1.807, 2.05) is 6.92 Å². The summed E-state index contributed by atoms with van der Waals surface area (Å²) >= 11 is 0. The molecule has 0 saturated heterocycles. The summed E-state index contributed by atoms with van der Waals surface area (Å²) in [5, 5.41) is 11.3. The Kier molecular flexibility index (Phi) is 6.30. The molecule has 0 fully saturated rings. The first-order chi connectivity index (χ1) is 18.5. The molecule has 0 radical (unpaired) electrons. The number of nitrogens with one attached hydrogen (secondary N) is 2. The molecular formula is C25H20F3N9O2. The number of halogens is 3. The van der Waals surface area contributed by atoms with Crippen LogP contribution in [0.5, 0.6) is 0 Å². The number of benzene rings is 2. The summed E-state index contributed by atoms with van der Waals surface area (Å²) in [5.41, 5.74) is 3.83. The van der Waals surface area contributed by atoms with E-state index in [0.29, 0.717) is 34.0 Å². The molecule has 0 aliphatic heterocycles. The van der Waals surface area contributed by atoms with Gasteiger partial charge in [0.25, 0.3) is 5.91 Å². The van der Waals surface area contributed by atoms with Gasteiger partial charge in [-0.25, -0.2) is 15.2 Å². The van der Waals surface area contributed by atoms with E-state index in [1.54, 1.807) is 38.4 Å². The van der Waals surface area contributed by atoms with E-state index in [9.17, 15) is 22.8 Å². The third-order valence-electron chi connectivity index (χ3n) is 6.02. The predicted octanol–water partition coefficient (Wildman–Crippen LogP) is 3.50. The Bertz CT molecular complexity index is 1790. The lowest BCUT2D eigenvalue weighted by Gasteiger charge is -2.14. The van der Waals surface area contributed by atoms with Gasteiger partial charge in [-0.2, -0.15) is 27.9 Å². The molecule has 2 N–H and O–H groups in total. The third-order valence-corrected chi connectivity index (χ3v) is 6.02. The highest BCUT2D eigenvalue weighted by molar-refractivity contribution is 6.00. The molecule has 0 atom stereocenters. The Hall–Kier alpha value is -5.14. The van der Waals surface area contributed by atoms with Crippen molar-refractivity contribution < 1.29 is 18.0 Å². The lowest BCUT2D eigenvalue weighted by molar-refractivity contribution is -0.137. The highest BCUT2D eigenvalue weighted by Crippen LogP contribution is 2.29. The van der Waals surface area contributed by atoms with Gasteiger partial charge in [-0.3, -0.25) is 9.36 Å². The van der Waals surface area contributed by atoms with Crippen LogP contribution < -0.4 is 16.4 Å². The first-order valence-electron chi connectivity index (χ1n) is 11.5. The van der Waals surface area contributed by atoms with E-state index in [1.165, 1.54) is 16.8 Å². The van der Waals surface area contributed by atoms with Crippen LogP contribution in [0.2, 0.25) is 0 Å². The first-order valence-corrected chi connectivity index (χ1v) is 11.5. The molecule has 1 amide bonds. The fourth-order valence-corrected chi connectivity index (χ4v) is 3.99. The van der Waals surface area contributed by atoms with E-state index < -0.39 is 23.3 Å². The Morgan fingerprint density at radius 1 is 1.05 bits per heavy atom. The molecule has 5 rings (SSSR count). The average molecular weight is 535 g/mol. The molecule has 0 bridgehead atoms. The number of rotatable bonds is 5. The number of fused-ring (bicyclic) bond motifs is 1. The largest absolute Gasteiger partial charge is 0.416 e. The number of carbonyl (C=O) groups is 1. The summed E-state index contributed by atoms with van der Waals surface area (Å²) in [4.78, 5) is 39.1. The number of alkyl halides is 3. The van der Waals surface area contributed by atoms with Crippen LogP contribution in [-0.2, 0) is 6.18 Å². The standard InChI is InChI=1S/C25H20F3N9O2/c1-13-7-8-15(10-20(13)37-14(2)18-11-30-23(29-3)31-21(18)32-24(37)39)19-12-36(35-33-19)34-22(38)16-5-4-6-17(9-16)25(26,27)28/h4-12H,1-3H3,(H,34,38)(H,29,31,32,39).